The number of fused-ring (bicyclic) bond motifs is 1. The summed E-state index contributed by atoms with van der Waals surface area (Å²) in [5.41, 5.74) is 3.71. The first-order valence-electron chi connectivity index (χ1n) is 12.8. The average Bonchev–Trinajstić information content (AvgIpc) is 3.17. The number of pyridine rings is 1. The summed E-state index contributed by atoms with van der Waals surface area (Å²) in [7, 11) is -3.24. The number of carbonyl (C=O) groups excluding carboxylic acids is 1. The Bertz CT molecular complexity index is 1320. The van der Waals surface area contributed by atoms with E-state index in [2.05, 4.69) is 27.1 Å². The molecule has 0 aliphatic heterocycles. The third-order valence-electron chi connectivity index (χ3n) is 7.64. The van der Waals surface area contributed by atoms with Crippen LogP contribution in [-0.2, 0) is 6.54 Å². The second kappa shape index (κ2) is 12.0. The number of H-pyrrole nitrogens is 1. The van der Waals surface area contributed by atoms with Gasteiger partial charge in [-0.1, -0.05) is 18.2 Å². The number of carbonyl (C=O) groups is 1. The molecule has 1 fully saturated rings. The molecule has 0 saturated heterocycles. The molecule has 2 aromatic heterocycles. The van der Waals surface area contributed by atoms with Crippen LogP contribution >= 0.6 is 11.8 Å². The van der Waals surface area contributed by atoms with E-state index >= 15 is 0 Å². The molecule has 6 nitrogen and oxygen atoms in total. The van der Waals surface area contributed by atoms with Crippen LogP contribution in [0, 0.1) is 19.8 Å². The summed E-state index contributed by atoms with van der Waals surface area (Å²) in [5.74, 6) is 0.203. The maximum atomic E-state index is 13.5. The molecule has 1 aromatic carbocycles. The van der Waals surface area contributed by atoms with Gasteiger partial charge in [0.2, 0.25) is 0 Å². The van der Waals surface area contributed by atoms with Crippen LogP contribution in [0.2, 0.25) is 0 Å². The highest BCUT2D eigenvalue weighted by Crippen LogP contribution is 2.38. The van der Waals surface area contributed by atoms with Crippen LogP contribution in [0.15, 0.2) is 40.0 Å². The van der Waals surface area contributed by atoms with Gasteiger partial charge < -0.3 is 20.2 Å². The number of aromatic amines is 1. The Hall–Kier alpha value is -2.43. The highest BCUT2D eigenvalue weighted by Gasteiger charge is 2.30. The summed E-state index contributed by atoms with van der Waals surface area (Å²) in [6.45, 7) is 6.17. The van der Waals surface area contributed by atoms with E-state index in [1.807, 2.05) is 50.4 Å². The molecule has 2 heterocycles. The molecule has 1 atom stereocenters. The minimum atomic E-state index is -3.24. The summed E-state index contributed by atoms with van der Waals surface area (Å²) < 4.78 is 27.6. The van der Waals surface area contributed by atoms with Gasteiger partial charge in [-0.25, -0.2) is 0 Å². The van der Waals surface area contributed by atoms with Gasteiger partial charge in [-0.3, -0.25) is 17.8 Å². The largest absolute Gasteiger partial charge is 0.490 e. The Morgan fingerprint density at radius 1 is 1.22 bits per heavy atom. The minimum absolute atomic E-state index is 0.150. The van der Waals surface area contributed by atoms with Crippen LogP contribution in [0.25, 0.3) is 10.9 Å². The topological polar surface area (TPSA) is 78.9 Å². The van der Waals surface area contributed by atoms with E-state index in [9.17, 15) is 17.8 Å². The van der Waals surface area contributed by atoms with Crippen molar-refractivity contribution in [1.82, 2.24) is 20.2 Å². The molecule has 0 spiro atoms. The second-order valence-electron chi connectivity index (χ2n) is 9.93. The Morgan fingerprint density at radius 2 is 1.92 bits per heavy atom. The van der Waals surface area contributed by atoms with E-state index in [4.69, 9.17) is 0 Å². The van der Waals surface area contributed by atoms with Gasteiger partial charge in [0.25, 0.3) is 11.5 Å². The first kappa shape index (κ1) is 27.6. The fourth-order valence-electron chi connectivity index (χ4n) is 5.73. The van der Waals surface area contributed by atoms with Crippen molar-refractivity contribution >= 4 is 38.0 Å². The summed E-state index contributed by atoms with van der Waals surface area (Å²) in [6.07, 6.45) is 5.46. The molecule has 4 rings (SSSR count). The van der Waals surface area contributed by atoms with Crippen molar-refractivity contribution < 1.29 is 13.0 Å². The van der Waals surface area contributed by atoms with Gasteiger partial charge in [0, 0.05) is 57.5 Å². The van der Waals surface area contributed by atoms with Crippen molar-refractivity contribution in [3.63, 3.8) is 0 Å². The lowest BCUT2D eigenvalue weighted by Crippen LogP contribution is -2.38. The molecule has 37 heavy (non-hydrogen) atoms. The zero-order valence-electron chi connectivity index (χ0n) is 21.8. The maximum Gasteiger partial charge on any atom is 0.490 e. The number of para-hydroxylation sites is 1. The molecule has 1 radical (unpaired) electrons. The number of thioether (sulfide) groups is 1. The Kier molecular flexibility index (Phi) is 8.92. The van der Waals surface area contributed by atoms with Crippen LogP contribution in [0.1, 0.15) is 66.0 Å². The lowest BCUT2D eigenvalue weighted by molar-refractivity contribution is 0.0951. The lowest BCUT2D eigenvalue weighted by atomic mass is 9.82. The lowest BCUT2D eigenvalue weighted by Gasteiger charge is -2.34. The van der Waals surface area contributed by atoms with Crippen LogP contribution in [-0.4, -0.2) is 43.4 Å². The third kappa shape index (κ3) is 6.02. The quantitative estimate of drug-likeness (QED) is 0.194. The minimum Gasteiger partial charge on any atom is -0.348 e. The van der Waals surface area contributed by atoms with E-state index in [1.54, 1.807) is 0 Å². The molecule has 1 aliphatic carbocycles. The number of aromatic nitrogens is 2. The Labute approximate surface area is 222 Å². The fraction of sp³-hybridized carbons (Fsp3) is 0.481. The molecule has 0 unspecified atom stereocenters. The molecular formula is C27H35F2N4O2SSi. The molecule has 1 aliphatic rings. The molecule has 10 heteroatoms. The van der Waals surface area contributed by atoms with Crippen LogP contribution in [0.4, 0.5) is 8.22 Å². The van der Waals surface area contributed by atoms with Crippen LogP contribution < -0.4 is 16.2 Å². The molecule has 3 aromatic rings. The summed E-state index contributed by atoms with van der Waals surface area (Å²) >= 11 is 1.49. The normalized spacial score (nSPS) is 18.9. The van der Waals surface area contributed by atoms with Crippen LogP contribution in [0.5, 0.6) is 0 Å². The summed E-state index contributed by atoms with van der Waals surface area (Å²) in [4.78, 5) is 29.7. The number of halogens is 2. The number of aryl methyl sites for hydroxylation is 1. The highest BCUT2D eigenvalue weighted by molar-refractivity contribution is 7.98. The van der Waals surface area contributed by atoms with Gasteiger partial charge in [0.15, 0.2) is 0 Å². The van der Waals surface area contributed by atoms with Gasteiger partial charge in [0.1, 0.15) is 0 Å². The number of amides is 1. The molecular weight excluding hydrogens is 510 g/mol. The van der Waals surface area contributed by atoms with E-state index < -0.39 is 9.46 Å². The third-order valence-corrected chi connectivity index (χ3v) is 8.92. The van der Waals surface area contributed by atoms with Crippen molar-refractivity contribution in [3.8, 4) is 0 Å². The maximum absolute atomic E-state index is 13.5. The number of hydrogen-bond acceptors (Lipinski definition) is 4. The van der Waals surface area contributed by atoms with E-state index in [-0.39, 0.29) is 36.3 Å². The van der Waals surface area contributed by atoms with Gasteiger partial charge in [0.05, 0.1) is 5.56 Å². The van der Waals surface area contributed by atoms with Crippen molar-refractivity contribution in [3.05, 3.63) is 63.2 Å². The summed E-state index contributed by atoms with van der Waals surface area (Å²) in [6, 6.07) is 10.2. The molecule has 1 amide bonds. The zero-order chi connectivity index (χ0) is 26.7. The standard InChI is InChI=1S/C27H35F2N4O2SSi/c1-16-13-24(36-4)22(26(34)32-16)14-30-27(35)25-18(3)33(23-8-6-5-7-21(23)25)17(2)19-9-11-20(12-10-19)31-15-37(28)29/h5-8,13,17,19-20,31H,9-12,14-15H2,1-4H3,(H,30,35)(H,32,34)/t17-,19?,20?/m1/s1. The Balaban J connectivity index is 1.56. The van der Waals surface area contributed by atoms with Crippen LogP contribution in [0.3, 0.4) is 0 Å². The molecule has 3 N–H and O–H groups in total. The first-order chi connectivity index (χ1) is 17.7. The van der Waals surface area contributed by atoms with E-state index in [1.165, 1.54) is 11.8 Å². The fourth-order valence-corrected chi connectivity index (χ4v) is 6.88. The zero-order valence-corrected chi connectivity index (χ0v) is 23.6. The smallest absolute Gasteiger partial charge is 0.348 e. The monoisotopic (exact) mass is 545 g/mol. The van der Waals surface area contributed by atoms with E-state index in [0.29, 0.717) is 17.0 Å². The van der Waals surface area contributed by atoms with Gasteiger partial charge in [-0.2, -0.15) is 0 Å². The highest BCUT2D eigenvalue weighted by atomic mass is 32.2. The number of nitrogens with zero attached hydrogens (tertiary/aromatic N) is 1. The van der Waals surface area contributed by atoms with Gasteiger partial charge >= 0.3 is 9.46 Å². The van der Waals surface area contributed by atoms with Crippen molar-refractivity contribution in [1.29, 1.82) is 0 Å². The van der Waals surface area contributed by atoms with E-state index in [0.717, 1.165) is 52.9 Å². The number of benzene rings is 1. The van der Waals surface area contributed by atoms with Crippen molar-refractivity contribution in [2.75, 3.05) is 12.4 Å². The molecule has 199 valence electrons. The second-order valence-corrected chi connectivity index (χ2v) is 11.8. The number of hydrogen-bond donors (Lipinski definition) is 3. The van der Waals surface area contributed by atoms with Gasteiger partial charge in [-0.05, 0) is 70.8 Å². The predicted octanol–water partition coefficient (Wildman–Crippen LogP) is 5.27. The Morgan fingerprint density at radius 3 is 2.59 bits per heavy atom. The average molecular weight is 546 g/mol. The SMILES string of the molecule is CSc1cc(C)[nH]c(=O)c1CNC(=O)c1c(C)n([C@H](C)C2CCC(NC[Si](F)F)CC2)c2ccccc12. The van der Waals surface area contributed by atoms with Crippen molar-refractivity contribution in [2.24, 2.45) is 5.92 Å². The number of nitrogens with one attached hydrogen (secondary N) is 3. The first-order valence-corrected chi connectivity index (χ1v) is 15.4. The molecule has 1 saturated carbocycles. The number of rotatable bonds is 9. The van der Waals surface area contributed by atoms with Crippen molar-refractivity contribution in [2.45, 2.75) is 70.0 Å². The summed E-state index contributed by atoms with van der Waals surface area (Å²) in [5, 5.41) is 6.92. The molecule has 0 bridgehead atoms. The predicted molar refractivity (Wildman–Crippen MR) is 148 cm³/mol. The van der Waals surface area contributed by atoms with Gasteiger partial charge in [-0.15, -0.1) is 11.8 Å².